The lowest BCUT2D eigenvalue weighted by Crippen LogP contribution is -2.47. The molecule has 2 N–H and O–H groups in total. The first kappa shape index (κ1) is 20.8. The van der Waals surface area contributed by atoms with Gasteiger partial charge in [0.15, 0.2) is 29.2 Å². The predicted molar refractivity (Wildman–Crippen MR) is 110 cm³/mol. The van der Waals surface area contributed by atoms with Crippen molar-refractivity contribution in [3.63, 3.8) is 0 Å². The second kappa shape index (κ2) is 10.0. The first-order chi connectivity index (χ1) is 14.1. The Morgan fingerprint density at radius 3 is 2.79 bits per heavy atom. The van der Waals surface area contributed by atoms with Gasteiger partial charge in [0, 0.05) is 32.4 Å². The fourth-order valence-electron chi connectivity index (χ4n) is 3.27. The van der Waals surface area contributed by atoms with E-state index >= 15 is 0 Å². The van der Waals surface area contributed by atoms with Crippen LogP contribution < -0.4 is 20.3 Å². The Hall–Kier alpha value is -2.90. The number of hydrogen-bond acceptors (Lipinski definition) is 4. The number of hydrogen-bond donors (Lipinski definition) is 2. The maximum absolute atomic E-state index is 14.0. The highest BCUT2D eigenvalue weighted by molar-refractivity contribution is 5.80. The third-order valence-corrected chi connectivity index (χ3v) is 4.87. The van der Waals surface area contributed by atoms with Gasteiger partial charge in [0.05, 0.1) is 6.54 Å². The zero-order chi connectivity index (χ0) is 20.6. The predicted octanol–water partition coefficient (Wildman–Crippen LogP) is 2.96. The van der Waals surface area contributed by atoms with Gasteiger partial charge in [0.25, 0.3) is 0 Å². The van der Waals surface area contributed by atoms with E-state index in [0.29, 0.717) is 31.3 Å². The summed E-state index contributed by atoms with van der Waals surface area (Å²) in [6, 6.07) is 9.51. The average Bonchev–Trinajstić information content (AvgIpc) is 3.20. The number of para-hydroxylation sites is 1. The van der Waals surface area contributed by atoms with E-state index in [4.69, 9.17) is 4.74 Å². The van der Waals surface area contributed by atoms with Crippen LogP contribution in [-0.4, -0.2) is 49.8 Å². The summed E-state index contributed by atoms with van der Waals surface area (Å²) in [7, 11) is 1.69. The number of anilines is 1. The average molecular weight is 403 g/mol. The van der Waals surface area contributed by atoms with Gasteiger partial charge in [-0.25, -0.2) is 13.8 Å². The van der Waals surface area contributed by atoms with E-state index in [1.165, 1.54) is 12.1 Å². The minimum absolute atomic E-state index is 0.121. The van der Waals surface area contributed by atoms with Gasteiger partial charge in [0.2, 0.25) is 0 Å². The van der Waals surface area contributed by atoms with E-state index < -0.39 is 0 Å². The summed E-state index contributed by atoms with van der Waals surface area (Å²) in [5, 5.41) is 6.59. The zero-order valence-corrected chi connectivity index (χ0v) is 16.7. The molecule has 1 aliphatic rings. The second-order valence-electron chi connectivity index (χ2n) is 6.92. The molecular weight excluding hydrogens is 376 g/mol. The molecule has 2 heterocycles. The highest BCUT2D eigenvalue weighted by atomic mass is 19.1. The van der Waals surface area contributed by atoms with Crippen LogP contribution in [0.3, 0.4) is 0 Å². The lowest BCUT2D eigenvalue weighted by molar-refractivity contribution is 0.191. The molecule has 2 unspecified atom stereocenters. The monoisotopic (exact) mass is 403 g/mol. The number of nitrogens with one attached hydrogen (secondary N) is 2. The van der Waals surface area contributed by atoms with E-state index in [0.717, 1.165) is 13.0 Å². The molecule has 8 heteroatoms. The highest BCUT2D eigenvalue weighted by Crippen LogP contribution is 2.21. The molecule has 0 spiro atoms. The van der Waals surface area contributed by atoms with Gasteiger partial charge in [-0.2, -0.15) is 0 Å². The van der Waals surface area contributed by atoms with Crippen molar-refractivity contribution in [1.29, 1.82) is 0 Å². The molecule has 1 saturated heterocycles. The van der Waals surface area contributed by atoms with Crippen molar-refractivity contribution < 1.29 is 13.5 Å². The number of aromatic nitrogens is 1. The number of nitrogens with zero attached hydrogens (tertiary/aromatic N) is 3. The molecule has 0 aliphatic carbocycles. The lowest BCUT2D eigenvalue weighted by Gasteiger charge is -2.22. The van der Waals surface area contributed by atoms with Gasteiger partial charge in [-0.15, -0.1) is 0 Å². The molecule has 2 atom stereocenters. The summed E-state index contributed by atoms with van der Waals surface area (Å²) in [5.74, 6) is 0.568. The van der Waals surface area contributed by atoms with Gasteiger partial charge in [0.1, 0.15) is 6.10 Å². The van der Waals surface area contributed by atoms with E-state index in [1.807, 2.05) is 11.8 Å². The van der Waals surface area contributed by atoms with Gasteiger partial charge in [-0.1, -0.05) is 19.1 Å². The van der Waals surface area contributed by atoms with E-state index in [-0.39, 0.29) is 29.5 Å². The molecule has 2 aromatic rings. The summed E-state index contributed by atoms with van der Waals surface area (Å²) in [6.07, 6.45) is 2.96. The Labute approximate surface area is 170 Å². The number of benzene rings is 1. The third-order valence-electron chi connectivity index (χ3n) is 4.87. The second-order valence-corrected chi connectivity index (χ2v) is 6.92. The van der Waals surface area contributed by atoms with Crippen molar-refractivity contribution in [2.75, 3.05) is 31.6 Å². The Bertz CT molecular complexity index is 832. The molecule has 1 aromatic carbocycles. The van der Waals surface area contributed by atoms with Gasteiger partial charge < -0.3 is 20.3 Å². The third kappa shape index (κ3) is 5.56. The maximum atomic E-state index is 14.0. The standard InChI is InChI=1S/C21H27F2N5O/c1-3-16(29-19-9-5-4-7-17(19)22)13-26-21(24-2)27-15-10-12-28(14-15)20-18(23)8-6-11-25-20/h4-9,11,15-16H,3,10,12-14H2,1-2H3,(H2,24,26,27). The van der Waals surface area contributed by atoms with Crippen LogP contribution in [0.4, 0.5) is 14.6 Å². The SMILES string of the molecule is CCC(CNC(=NC)NC1CCN(c2ncccc2F)C1)Oc1ccccc1F. The molecule has 156 valence electrons. The molecule has 29 heavy (non-hydrogen) atoms. The van der Waals surface area contributed by atoms with Gasteiger partial charge in [-0.3, -0.25) is 4.99 Å². The van der Waals surface area contributed by atoms with Crippen LogP contribution in [0.5, 0.6) is 5.75 Å². The van der Waals surface area contributed by atoms with Crippen molar-refractivity contribution in [3.05, 3.63) is 54.2 Å². The summed E-state index contributed by atoms with van der Waals surface area (Å²) >= 11 is 0. The highest BCUT2D eigenvalue weighted by Gasteiger charge is 2.26. The van der Waals surface area contributed by atoms with Crippen LogP contribution in [-0.2, 0) is 0 Å². The summed E-state index contributed by atoms with van der Waals surface area (Å²) in [4.78, 5) is 10.3. The van der Waals surface area contributed by atoms with E-state index in [1.54, 1.807) is 37.5 Å². The van der Waals surface area contributed by atoms with E-state index in [2.05, 4.69) is 20.6 Å². The Balaban J connectivity index is 1.50. The smallest absolute Gasteiger partial charge is 0.191 e. The quantitative estimate of drug-likeness (QED) is 0.550. The summed E-state index contributed by atoms with van der Waals surface area (Å²) in [5.41, 5.74) is 0. The lowest BCUT2D eigenvalue weighted by atomic mass is 10.2. The summed E-state index contributed by atoms with van der Waals surface area (Å²) in [6.45, 7) is 3.82. The van der Waals surface area contributed by atoms with Crippen LogP contribution in [0.2, 0.25) is 0 Å². The molecule has 1 fully saturated rings. The van der Waals surface area contributed by atoms with Crippen molar-refractivity contribution >= 4 is 11.8 Å². The van der Waals surface area contributed by atoms with Crippen LogP contribution >= 0.6 is 0 Å². The van der Waals surface area contributed by atoms with Crippen LogP contribution in [0.15, 0.2) is 47.6 Å². The Morgan fingerprint density at radius 1 is 1.28 bits per heavy atom. The van der Waals surface area contributed by atoms with Crippen molar-refractivity contribution in [3.8, 4) is 5.75 Å². The fraction of sp³-hybridized carbons (Fsp3) is 0.429. The van der Waals surface area contributed by atoms with Crippen molar-refractivity contribution in [2.45, 2.75) is 31.9 Å². The molecule has 0 radical (unpaired) electrons. The van der Waals surface area contributed by atoms with E-state index in [9.17, 15) is 8.78 Å². The number of ether oxygens (including phenoxy) is 1. The Morgan fingerprint density at radius 2 is 2.07 bits per heavy atom. The number of halogens is 2. The maximum Gasteiger partial charge on any atom is 0.191 e. The first-order valence-electron chi connectivity index (χ1n) is 9.84. The molecule has 0 bridgehead atoms. The molecule has 1 aromatic heterocycles. The minimum Gasteiger partial charge on any atom is -0.486 e. The Kier molecular flexibility index (Phi) is 7.21. The van der Waals surface area contributed by atoms with Crippen LogP contribution in [0.25, 0.3) is 0 Å². The summed E-state index contributed by atoms with van der Waals surface area (Å²) < 4.78 is 33.5. The van der Waals surface area contributed by atoms with Crippen LogP contribution in [0, 0.1) is 11.6 Å². The zero-order valence-electron chi connectivity index (χ0n) is 16.7. The normalized spacial score (nSPS) is 17.9. The molecule has 1 aliphatic heterocycles. The van der Waals surface area contributed by atoms with Crippen molar-refractivity contribution in [1.82, 2.24) is 15.6 Å². The number of pyridine rings is 1. The van der Waals surface area contributed by atoms with Gasteiger partial charge >= 0.3 is 0 Å². The van der Waals surface area contributed by atoms with Crippen LogP contribution in [0.1, 0.15) is 19.8 Å². The first-order valence-corrected chi connectivity index (χ1v) is 9.84. The molecule has 0 amide bonds. The fourth-order valence-corrected chi connectivity index (χ4v) is 3.27. The molecule has 3 rings (SSSR count). The number of aliphatic imine (C=N–C) groups is 1. The molecular formula is C21H27F2N5O. The number of rotatable bonds is 7. The molecule has 0 saturated carbocycles. The minimum atomic E-state index is -0.374. The van der Waals surface area contributed by atoms with Gasteiger partial charge in [-0.05, 0) is 37.1 Å². The molecule has 6 nitrogen and oxygen atoms in total. The van der Waals surface area contributed by atoms with Crippen molar-refractivity contribution in [2.24, 2.45) is 4.99 Å². The number of guanidine groups is 1. The largest absolute Gasteiger partial charge is 0.486 e. The topological polar surface area (TPSA) is 61.8 Å².